The van der Waals surface area contributed by atoms with E-state index in [0.29, 0.717) is 5.02 Å². The highest BCUT2D eigenvalue weighted by Crippen LogP contribution is 2.26. The molecule has 17 heavy (non-hydrogen) atoms. The monoisotopic (exact) mass is 266 g/mol. The van der Waals surface area contributed by atoms with Crippen molar-refractivity contribution in [2.75, 3.05) is 5.75 Å². The predicted octanol–water partition coefficient (Wildman–Crippen LogP) is 2.86. The summed E-state index contributed by atoms with van der Waals surface area (Å²) in [6.07, 6.45) is 2.08. The zero-order chi connectivity index (χ0) is 11.8. The van der Waals surface area contributed by atoms with Crippen LogP contribution in [0, 0.1) is 0 Å². The van der Waals surface area contributed by atoms with Crippen molar-refractivity contribution in [1.29, 1.82) is 0 Å². The van der Waals surface area contributed by atoms with Gasteiger partial charge in [0, 0.05) is 5.02 Å². The molecular formula is C12H11ClN2OS. The number of fused-ring (bicyclic) bond motifs is 1. The zero-order valence-corrected chi connectivity index (χ0v) is 10.6. The Balaban J connectivity index is 2.12. The first-order chi connectivity index (χ1) is 8.25. The van der Waals surface area contributed by atoms with Crippen LogP contribution in [0.1, 0.15) is 12.1 Å². The van der Waals surface area contributed by atoms with Crippen molar-refractivity contribution < 1.29 is 0 Å². The molecule has 88 valence electrons. The van der Waals surface area contributed by atoms with Crippen molar-refractivity contribution in [1.82, 2.24) is 9.78 Å². The fourth-order valence-corrected chi connectivity index (χ4v) is 3.14. The highest BCUT2D eigenvalue weighted by Gasteiger charge is 2.18. The van der Waals surface area contributed by atoms with E-state index in [1.54, 1.807) is 28.6 Å². The molecule has 0 unspecified atom stereocenters. The average Bonchev–Trinajstić information content (AvgIpc) is 2.69. The Morgan fingerprint density at radius 2 is 2.06 bits per heavy atom. The molecule has 0 bridgehead atoms. The summed E-state index contributed by atoms with van der Waals surface area (Å²) >= 11 is 7.48. The van der Waals surface area contributed by atoms with Gasteiger partial charge >= 0.3 is 0 Å². The second-order valence-electron chi connectivity index (χ2n) is 3.99. The van der Waals surface area contributed by atoms with Crippen LogP contribution in [0.15, 0.2) is 34.0 Å². The number of aromatic amines is 1. The molecule has 0 fully saturated rings. The Hall–Kier alpha value is -1.13. The number of hydrogen-bond donors (Lipinski definition) is 1. The lowest BCUT2D eigenvalue weighted by atomic mass is 10.2. The molecule has 2 aromatic rings. The number of nitrogens with one attached hydrogen (secondary N) is 1. The van der Waals surface area contributed by atoms with E-state index >= 15 is 0 Å². The molecular weight excluding hydrogens is 256 g/mol. The van der Waals surface area contributed by atoms with Gasteiger partial charge in [0.1, 0.15) is 0 Å². The van der Waals surface area contributed by atoms with E-state index in [0.717, 1.165) is 34.9 Å². The van der Waals surface area contributed by atoms with Crippen LogP contribution < -0.4 is 5.56 Å². The van der Waals surface area contributed by atoms with Gasteiger partial charge in [0.2, 0.25) is 0 Å². The maximum absolute atomic E-state index is 12.2. The number of rotatable bonds is 1. The summed E-state index contributed by atoms with van der Waals surface area (Å²) in [5.74, 6) is 1.03. The van der Waals surface area contributed by atoms with Gasteiger partial charge in [-0.2, -0.15) is 0 Å². The van der Waals surface area contributed by atoms with Crippen molar-refractivity contribution in [2.45, 2.75) is 17.7 Å². The average molecular weight is 267 g/mol. The number of nitrogens with zero attached hydrogens (tertiary/aromatic N) is 1. The molecule has 1 aliphatic rings. The summed E-state index contributed by atoms with van der Waals surface area (Å²) in [4.78, 5) is 13.0. The van der Waals surface area contributed by atoms with Gasteiger partial charge in [-0.25, -0.2) is 4.68 Å². The van der Waals surface area contributed by atoms with E-state index in [1.807, 2.05) is 12.1 Å². The molecule has 1 aromatic heterocycles. The lowest BCUT2D eigenvalue weighted by Gasteiger charge is -2.06. The topological polar surface area (TPSA) is 37.8 Å². The molecule has 0 atom stereocenters. The summed E-state index contributed by atoms with van der Waals surface area (Å²) < 4.78 is 1.60. The summed E-state index contributed by atoms with van der Waals surface area (Å²) in [6.45, 7) is 0. The van der Waals surface area contributed by atoms with Crippen LogP contribution in [0.5, 0.6) is 0 Å². The normalized spacial score (nSPS) is 14.6. The maximum atomic E-state index is 12.2. The summed E-state index contributed by atoms with van der Waals surface area (Å²) in [6, 6.07) is 7.26. The number of thioether (sulfide) groups is 1. The van der Waals surface area contributed by atoms with Crippen molar-refractivity contribution >= 4 is 23.4 Å². The van der Waals surface area contributed by atoms with E-state index < -0.39 is 0 Å². The largest absolute Gasteiger partial charge is 0.294 e. The minimum atomic E-state index is 0.0482. The molecule has 0 saturated carbocycles. The lowest BCUT2D eigenvalue weighted by molar-refractivity contribution is 0.792. The number of aromatic nitrogens is 2. The van der Waals surface area contributed by atoms with Crippen molar-refractivity contribution in [3.05, 3.63) is 45.3 Å². The number of hydrogen-bond acceptors (Lipinski definition) is 2. The smallest absolute Gasteiger partial charge is 0.285 e. The molecule has 0 radical (unpaired) electrons. The minimum absolute atomic E-state index is 0.0482. The molecule has 1 aromatic carbocycles. The second kappa shape index (κ2) is 4.27. The van der Waals surface area contributed by atoms with Gasteiger partial charge in [-0.05, 0) is 42.9 Å². The molecule has 0 saturated heterocycles. The molecule has 0 amide bonds. The minimum Gasteiger partial charge on any atom is -0.294 e. The number of benzene rings is 1. The molecule has 0 spiro atoms. The van der Waals surface area contributed by atoms with Gasteiger partial charge in [-0.3, -0.25) is 9.89 Å². The third-order valence-corrected chi connectivity index (χ3v) is 4.27. The standard InChI is InChI=1S/C12H11ClN2OS/c13-8-3-5-9(6-4-8)15-12(16)11-10(14-15)2-1-7-17-11/h3-6,14H,1-2,7H2. The molecule has 5 heteroatoms. The van der Waals surface area contributed by atoms with Gasteiger partial charge in [0.25, 0.3) is 5.56 Å². The highest BCUT2D eigenvalue weighted by molar-refractivity contribution is 7.99. The van der Waals surface area contributed by atoms with Crippen molar-refractivity contribution in [3.63, 3.8) is 0 Å². The van der Waals surface area contributed by atoms with Crippen molar-refractivity contribution in [3.8, 4) is 5.69 Å². The fourth-order valence-electron chi connectivity index (χ4n) is 1.98. The van der Waals surface area contributed by atoms with E-state index in [9.17, 15) is 4.79 Å². The van der Waals surface area contributed by atoms with E-state index in [-0.39, 0.29) is 5.56 Å². The lowest BCUT2D eigenvalue weighted by Crippen LogP contribution is -2.15. The van der Waals surface area contributed by atoms with Gasteiger partial charge in [0.05, 0.1) is 16.3 Å². The number of aryl methyl sites for hydroxylation is 1. The molecule has 1 N–H and O–H groups in total. The first-order valence-electron chi connectivity index (χ1n) is 5.48. The van der Waals surface area contributed by atoms with Gasteiger partial charge in [0.15, 0.2) is 0 Å². The zero-order valence-electron chi connectivity index (χ0n) is 9.07. The summed E-state index contributed by atoms with van der Waals surface area (Å²) in [5.41, 5.74) is 1.93. The highest BCUT2D eigenvalue weighted by atomic mass is 35.5. The molecule has 1 aliphatic heterocycles. The SMILES string of the molecule is O=c1c2c([nH]n1-c1ccc(Cl)cc1)CCCS2. The molecule has 3 nitrogen and oxygen atoms in total. The first-order valence-corrected chi connectivity index (χ1v) is 6.85. The van der Waals surface area contributed by atoms with Crippen LogP contribution in [-0.4, -0.2) is 15.5 Å². The molecule has 2 heterocycles. The van der Waals surface area contributed by atoms with Crippen molar-refractivity contribution in [2.24, 2.45) is 0 Å². The van der Waals surface area contributed by atoms with Crippen LogP contribution in [0.4, 0.5) is 0 Å². The third kappa shape index (κ3) is 1.91. The Morgan fingerprint density at radius 3 is 2.76 bits per heavy atom. The van der Waals surface area contributed by atoms with Crippen LogP contribution in [0.2, 0.25) is 5.02 Å². The molecule has 0 aliphatic carbocycles. The van der Waals surface area contributed by atoms with Crippen LogP contribution >= 0.6 is 23.4 Å². The molecule has 3 rings (SSSR count). The number of H-pyrrole nitrogens is 1. The van der Waals surface area contributed by atoms with Gasteiger partial charge in [-0.1, -0.05) is 11.6 Å². The van der Waals surface area contributed by atoms with Crippen LogP contribution in [0.25, 0.3) is 5.69 Å². The Morgan fingerprint density at radius 1 is 1.29 bits per heavy atom. The predicted molar refractivity (Wildman–Crippen MR) is 70.4 cm³/mol. The third-order valence-electron chi connectivity index (χ3n) is 2.82. The second-order valence-corrected chi connectivity index (χ2v) is 5.53. The Kier molecular flexibility index (Phi) is 2.76. The van der Waals surface area contributed by atoms with E-state index in [1.165, 1.54) is 0 Å². The van der Waals surface area contributed by atoms with Crippen LogP contribution in [0.3, 0.4) is 0 Å². The Labute approximate surface area is 108 Å². The number of halogens is 1. The first kappa shape index (κ1) is 11.0. The van der Waals surface area contributed by atoms with E-state index in [2.05, 4.69) is 5.10 Å². The maximum Gasteiger partial charge on any atom is 0.285 e. The van der Waals surface area contributed by atoms with Gasteiger partial charge in [-0.15, -0.1) is 11.8 Å². The van der Waals surface area contributed by atoms with E-state index in [4.69, 9.17) is 11.6 Å². The quantitative estimate of drug-likeness (QED) is 0.862. The Bertz CT molecular complexity index is 600. The summed E-state index contributed by atoms with van der Waals surface area (Å²) in [5, 5.41) is 3.85. The van der Waals surface area contributed by atoms with Gasteiger partial charge < -0.3 is 0 Å². The fraction of sp³-hybridized carbons (Fsp3) is 0.250. The van der Waals surface area contributed by atoms with Crippen LogP contribution in [-0.2, 0) is 6.42 Å². The summed E-state index contributed by atoms with van der Waals surface area (Å²) in [7, 11) is 0.